The molecule has 1 aromatic rings. The second kappa shape index (κ2) is 5.13. The van der Waals surface area contributed by atoms with Crippen LogP contribution in [0, 0.1) is 0 Å². The van der Waals surface area contributed by atoms with E-state index in [0.29, 0.717) is 4.32 Å². The van der Waals surface area contributed by atoms with Gasteiger partial charge in [-0.15, -0.1) is 0 Å². The minimum Gasteiger partial charge on any atom is -0.363 e. The molecule has 0 aliphatic rings. The van der Waals surface area contributed by atoms with Crippen LogP contribution in [0.2, 0.25) is 0 Å². The molecule has 0 amide bonds. The Kier molecular flexibility index (Phi) is 4.31. The summed E-state index contributed by atoms with van der Waals surface area (Å²) in [6.45, 7) is 0. The molecule has 0 heterocycles. The Bertz CT molecular complexity index is 480. The molecule has 0 fully saturated rings. The van der Waals surface area contributed by atoms with Crippen molar-refractivity contribution in [1.82, 2.24) is 4.90 Å². The molecule has 0 saturated carbocycles. The van der Waals surface area contributed by atoms with Gasteiger partial charge in [-0.05, 0) is 24.3 Å². The molecular weight excluding hydrogens is 264 g/mol. The van der Waals surface area contributed by atoms with Gasteiger partial charge in [0, 0.05) is 19.0 Å². The summed E-state index contributed by atoms with van der Waals surface area (Å²) >= 11 is 6.50. The highest BCUT2D eigenvalue weighted by atomic mass is 32.2. The third-order valence-electron chi connectivity index (χ3n) is 1.72. The molecule has 1 aromatic carbocycles. The Balaban J connectivity index is 2.84. The molecule has 0 aliphatic heterocycles. The van der Waals surface area contributed by atoms with Gasteiger partial charge in [-0.1, -0.05) is 24.0 Å². The Hall–Kier alpha value is -0.630. The van der Waals surface area contributed by atoms with Gasteiger partial charge in [0.05, 0.1) is 4.90 Å². The molecule has 0 atom stereocenters. The van der Waals surface area contributed by atoms with E-state index in [2.05, 4.69) is 0 Å². The van der Waals surface area contributed by atoms with E-state index in [4.69, 9.17) is 17.4 Å². The molecule has 1 rings (SSSR count). The van der Waals surface area contributed by atoms with Crippen molar-refractivity contribution in [3.05, 3.63) is 24.3 Å². The molecule has 0 saturated heterocycles. The van der Waals surface area contributed by atoms with Crippen molar-refractivity contribution in [2.45, 2.75) is 9.79 Å². The Morgan fingerprint density at radius 3 is 2.19 bits per heavy atom. The number of primary sulfonamides is 1. The largest absolute Gasteiger partial charge is 0.363 e. The highest BCUT2D eigenvalue weighted by molar-refractivity contribution is 8.22. The van der Waals surface area contributed by atoms with Gasteiger partial charge in [0.1, 0.15) is 4.32 Å². The first kappa shape index (κ1) is 13.4. The molecule has 0 aromatic heterocycles. The van der Waals surface area contributed by atoms with E-state index in [-0.39, 0.29) is 4.90 Å². The van der Waals surface area contributed by atoms with Crippen LogP contribution in [0.3, 0.4) is 0 Å². The van der Waals surface area contributed by atoms with Crippen LogP contribution >= 0.6 is 24.0 Å². The second-order valence-electron chi connectivity index (χ2n) is 3.28. The van der Waals surface area contributed by atoms with E-state index in [9.17, 15) is 8.42 Å². The van der Waals surface area contributed by atoms with Gasteiger partial charge in [0.2, 0.25) is 10.0 Å². The monoisotopic (exact) mass is 276 g/mol. The highest BCUT2D eigenvalue weighted by Crippen LogP contribution is 2.22. The maximum absolute atomic E-state index is 11.0. The summed E-state index contributed by atoms with van der Waals surface area (Å²) in [5.41, 5.74) is 0. The van der Waals surface area contributed by atoms with Crippen LogP contribution in [0.25, 0.3) is 0 Å². The SMILES string of the molecule is CN(C)C(=S)Sc1ccc(S(N)(=O)=O)cc1. The second-order valence-corrected chi connectivity index (χ2v) is 6.55. The van der Waals surface area contributed by atoms with Gasteiger partial charge in [0.25, 0.3) is 0 Å². The third kappa shape index (κ3) is 3.75. The number of benzene rings is 1. The standard InChI is InChI=1S/C9H12N2O2S3/c1-11(2)9(14)15-7-3-5-8(6-4-7)16(10,12)13/h3-6H,1-2H3,(H2,10,12,13). The van der Waals surface area contributed by atoms with Gasteiger partial charge in [-0.2, -0.15) is 0 Å². The molecule has 4 nitrogen and oxygen atoms in total. The number of hydrogen-bond donors (Lipinski definition) is 1. The molecule has 7 heteroatoms. The van der Waals surface area contributed by atoms with Crippen LogP contribution in [0.1, 0.15) is 0 Å². The third-order valence-corrected chi connectivity index (χ3v) is 4.31. The van der Waals surface area contributed by atoms with Gasteiger partial charge in [-0.3, -0.25) is 0 Å². The van der Waals surface area contributed by atoms with E-state index < -0.39 is 10.0 Å². The number of rotatable bonds is 2. The van der Waals surface area contributed by atoms with Gasteiger partial charge in [-0.25, -0.2) is 13.6 Å². The first-order valence-electron chi connectivity index (χ1n) is 4.32. The van der Waals surface area contributed by atoms with Crippen LogP contribution in [0.4, 0.5) is 0 Å². The molecule has 16 heavy (non-hydrogen) atoms. The lowest BCUT2D eigenvalue weighted by atomic mass is 10.4. The summed E-state index contributed by atoms with van der Waals surface area (Å²) in [6, 6.07) is 6.30. The van der Waals surface area contributed by atoms with Gasteiger partial charge < -0.3 is 4.90 Å². The highest BCUT2D eigenvalue weighted by Gasteiger charge is 2.08. The molecule has 0 bridgehead atoms. The summed E-state index contributed by atoms with van der Waals surface area (Å²) in [5, 5.41) is 4.99. The molecule has 0 aliphatic carbocycles. The predicted molar refractivity (Wildman–Crippen MR) is 70.0 cm³/mol. The number of sulfonamides is 1. The van der Waals surface area contributed by atoms with Crippen LogP contribution < -0.4 is 5.14 Å². The fourth-order valence-corrected chi connectivity index (χ4v) is 2.35. The topological polar surface area (TPSA) is 63.4 Å². The fourth-order valence-electron chi connectivity index (χ4n) is 0.889. The summed E-state index contributed by atoms with van der Waals surface area (Å²) < 4.78 is 22.7. The summed E-state index contributed by atoms with van der Waals surface area (Å²) in [4.78, 5) is 2.80. The molecular formula is C9H12N2O2S3. The lowest BCUT2D eigenvalue weighted by molar-refractivity contribution is 0.597. The molecule has 0 unspecified atom stereocenters. The van der Waals surface area contributed by atoms with E-state index >= 15 is 0 Å². The Morgan fingerprint density at radius 2 is 1.81 bits per heavy atom. The number of hydrogen-bond acceptors (Lipinski definition) is 4. The molecule has 88 valence electrons. The zero-order chi connectivity index (χ0) is 12.3. The maximum atomic E-state index is 11.0. The van der Waals surface area contributed by atoms with Gasteiger partial charge >= 0.3 is 0 Å². The van der Waals surface area contributed by atoms with E-state index in [0.717, 1.165) is 4.90 Å². The first-order valence-corrected chi connectivity index (χ1v) is 7.10. The van der Waals surface area contributed by atoms with Crippen molar-refractivity contribution < 1.29 is 8.42 Å². The number of thiocarbonyl (C=S) groups is 1. The Morgan fingerprint density at radius 1 is 1.31 bits per heavy atom. The van der Waals surface area contributed by atoms with Crippen molar-refractivity contribution >= 4 is 38.3 Å². The van der Waals surface area contributed by atoms with Crippen molar-refractivity contribution in [2.75, 3.05) is 14.1 Å². The van der Waals surface area contributed by atoms with E-state index in [1.54, 1.807) is 12.1 Å². The normalized spacial score (nSPS) is 11.2. The quantitative estimate of drug-likeness (QED) is 0.651. The first-order chi connectivity index (χ1) is 7.30. The maximum Gasteiger partial charge on any atom is 0.238 e. The predicted octanol–water partition coefficient (Wildman–Crippen LogP) is 1.27. The number of nitrogens with zero attached hydrogens (tertiary/aromatic N) is 1. The number of thioether (sulfide) groups is 1. The average Bonchev–Trinajstić information content (AvgIpc) is 2.17. The minimum atomic E-state index is -3.62. The fraction of sp³-hybridized carbons (Fsp3) is 0.222. The smallest absolute Gasteiger partial charge is 0.238 e. The molecule has 2 N–H and O–H groups in total. The average molecular weight is 276 g/mol. The van der Waals surface area contributed by atoms with Crippen LogP contribution in [-0.4, -0.2) is 31.7 Å². The molecule has 0 radical (unpaired) electrons. The number of nitrogens with two attached hydrogens (primary N) is 1. The van der Waals surface area contributed by atoms with Crippen LogP contribution in [0.5, 0.6) is 0 Å². The van der Waals surface area contributed by atoms with Crippen LogP contribution in [0.15, 0.2) is 34.1 Å². The van der Waals surface area contributed by atoms with Crippen molar-refractivity contribution in [3.63, 3.8) is 0 Å². The summed E-state index contributed by atoms with van der Waals surface area (Å²) in [6.07, 6.45) is 0. The van der Waals surface area contributed by atoms with Crippen molar-refractivity contribution in [1.29, 1.82) is 0 Å². The Labute approximate surface area is 105 Å². The molecule has 0 spiro atoms. The van der Waals surface area contributed by atoms with Crippen LogP contribution in [-0.2, 0) is 10.0 Å². The van der Waals surface area contributed by atoms with E-state index in [1.165, 1.54) is 23.9 Å². The lowest BCUT2D eigenvalue weighted by Crippen LogP contribution is -2.15. The zero-order valence-electron chi connectivity index (χ0n) is 8.88. The lowest BCUT2D eigenvalue weighted by Gasteiger charge is -2.12. The van der Waals surface area contributed by atoms with Gasteiger partial charge in [0.15, 0.2) is 0 Å². The van der Waals surface area contributed by atoms with Crippen molar-refractivity contribution in [2.24, 2.45) is 5.14 Å². The van der Waals surface area contributed by atoms with Crippen molar-refractivity contribution in [3.8, 4) is 0 Å². The zero-order valence-corrected chi connectivity index (χ0v) is 11.3. The van der Waals surface area contributed by atoms with E-state index in [1.807, 2.05) is 19.0 Å². The minimum absolute atomic E-state index is 0.104. The summed E-state index contributed by atoms with van der Waals surface area (Å²) in [5.74, 6) is 0. The summed E-state index contributed by atoms with van der Waals surface area (Å²) in [7, 11) is 0.0935.